The van der Waals surface area contributed by atoms with Crippen LogP contribution < -0.4 is 10.3 Å². The zero-order chi connectivity index (χ0) is 15.1. The molecule has 1 aromatic carbocycles. The lowest BCUT2D eigenvalue weighted by atomic mass is 10.2. The van der Waals surface area contributed by atoms with Crippen LogP contribution in [0.1, 0.15) is 0 Å². The summed E-state index contributed by atoms with van der Waals surface area (Å²) in [5.74, 6) is -0.0892. The number of hydrogen-bond acceptors (Lipinski definition) is 6. The van der Waals surface area contributed by atoms with Crippen molar-refractivity contribution in [3.8, 4) is 22.1 Å². The van der Waals surface area contributed by atoms with Crippen molar-refractivity contribution in [1.29, 1.82) is 0 Å². The highest BCUT2D eigenvalue weighted by atomic mass is 32.1. The van der Waals surface area contributed by atoms with E-state index in [9.17, 15) is 10.2 Å². The van der Waals surface area contributed by atoms with Crippen molar-refractivity contribution in [2.45, 2.75) is 0 Å². The van der Waals surface area contributed by atoms with E-state index in [2.05, 4.69) is 9.98 Å². The van der Waals surface area contributed by atoms with Gasteiger partial charge in [-0.25, -0.2) is 4.98 Å². The van der Waals surface area contributed by atoms with Crippen LogP contribution in [0.3, 0.4) is 0 Å². The Morgan fingerprint density at radius 1 is 1.19 bits per heavy atom. The number of rotatable bonds is 1. The molecule has 5 nitrogen and oxygen atoms in total. The Balaban J connectivity index is 2.40. The highest BCUT2D eigenvalue weighted by Gasteiger charge is 2.16. The molecule has 0 atom stereocenters. The van der Waals surface area contributed by atoms with Crippen molar-refractivity contribution in [1.82, 2.24) is 4.98 Å². The largest absolute Gasteiger partial charge is 0.505 e. The molecule has 0 spiro atoms. The fourth-order valence-corrected chi connectivity index (χ4v) is 3.23. The second kappa shape index (κ2) is 4.89. The van der Waals surface area contributed by atoms with Crippen molar-refractivity contribution in [2.24, 2.45) is 4.99 Å². The molecule has 0 saturated heterocycles. The fourth-order valence-electron chi connectivity index (χ4n) is 2.21. The third-order valence-corrected chi connectivity index (χ3v) is 4.48. The molecular weight excluding hydrogens is 286 g/mol. The van der Waals surface area contributed by atoms with E-state index in [1.165, 1.54) is 24.5 Å². The Hall–Kier alpha value is -2.34. The summed E-state index contributed by atoms with van der Waals surface area (Å²) >= 11 is 1.44. The Kier molecular flexibility index (Phi) is 3.17. The van der Waals surface area contributed by atoms with E-state index >= 15 is 0 Å². The van der Waals surface area contributed by atoms with E-state index in [0.29, 0.717) is 10.6 Å². The van der Waals surface area contributed by atoms with Gasteiger partial charge in [0.1, 0.15) is 11.1 Å². The number of nitrogens with zero attached hydrogens (tertiary/aromatic N) is 3. The van der Waals surface area contributed by atoms with E-state index in [4.69, 9.17) is 0 Å². The van der Waals surface area contributed by atoms with Crippen molar-refractivity contribution in [3.05, 3.63) is 29.6 Å². The van der Waals surface area contributed by atoms with E-state index in [0.717, 1.165) is 15.9 Å². The molecule has 1 aromatic rings. The molecule has 2 N–H and O–H groups in total. The zero-order valence-corrected chi connectivity index (χ0v) is 12.8. The van der Waals surface area contributed by atoms with Gasteiger partial charge < -0.3 is 15.1 Å². The van der Waals surface area contributed by atoms with Gasteiger partial charge in [0.05, 0.1) is 20.8 Å². The minimum Gasteiger partial charge on any atom is -0.505 e. The number of fused-ring (bicyclic) bond motifs is 2. The lowest BCUT2D eigenvalue weighted by Gasteiger charge is -2.14. The summed E-state index contributed by atoms with van der Waals surface area (Å²) < 4.78 is 0.969. The number of aromatic hydroxyl groups is 2. The van der Waals surface area contributed by atoms with Gasteiger partial charge in [-0.2, -0.15) is 0 Å². The van der Waals surface area contributed by atoms with Gasteiger partial charge >= 0.3 is 0 Å². The highest BCUT2D eigenvalue weighted by Crippen LogP contribution is 2.38. The number of anilines is 1. The highest BCUT2D eigenvalue weighted by molar-refractivity contribution is 7.21. The lowest BCUT2D eigenvalue weighted by Crippen LogP contribution is -2.08. The van der Waals surface area contributed by atoms with E-state index in [1.54, 1.807) is 0 Å². The van der Waals surface area contributed by atoms with Crippen molar-refractivity contribution >= 4 is 27.2 Å². The third-order valence-electron chi connectivity index (χ3n) is 3.32. The van der Waals surface area contributed by atoms with Gasteiger partial charge in [-0.05, 0) is 18.2 Å². The molecule has 1 aliphatic carbocycles. The van der Waals surface area contributed by atoms with Gasteiger partial charge in [0.15, 0.2) is 5.75 Å². The maximum absolute atomic E-state index is 10.3. The van der Waals surface area contributed by atoms with Crippen LogP contribution in [0.4, 0.5) is 5.69 Å². The molecule has 0 fully saturated rings. The SMILES string of the molecule is CN=c1c(O)cc2nc3ccc(N(C)C)cc3sc-2c1O. The van der Waals surface area contributed by atoms with Gasteiger partial charge in [0.2, 0.25) is 0 Å². The summed E-state index contributed by atoms with van der Waals surface area (Å²) in [6, 6.07) is 7.49. The lowest BCUT2D eigenvalue weighted by molar-refractivity contribution is 0.439. The van der Waals surface area contributed by atoms with Gasteiger partial charge in [-0.15, -0.1) is 11.3 Å². The molecule has 0 unspecified atom stereocenters. The molecule has 0 aromatic heterocycles. The van der Waals surface area contributed by atoms with Crippen molar-refractivity contribution in [3.63, 3.8) is 0 Å². The minimum atomic E-state index is -0.0635. The minimum absolute atomic E-state index is 0.0258. The monoisotopic (exact) mass is 301 g/mol. The zero-order valence-electron chi connectivity index (χ0n) is 12.0. The van der Waals surface area contributed by atoms with Crippen LogP contribution >= 0.6 is 11.3 Å². The summed E-state index contributed by atoms with van der Waals surface area (Å²) in [7, 11) is 5.48. The summed E-state index contributed by atoms with van der Waals surface area (Å²) in [4.78, 5) is 11.1. The number of aromatic nitrogens is 1. The first-order valence-corrected chi connectivity index (χ1v) is 7.22. The van der Waals surface area contributed by atoms with Gasteiger partial charge in [0, 0.05) is 32.9 Å². The van der Waals surface area contributed by atoms with Crippen LogP contribution in [0.5, 0.6) is 11.5 Å². The van der Waals surface area contributed by atoms with Crippen molar-refractivity contribution < 1.29 is 10.2 Å². The fraction of sp³-hybridized carbons (Fsp3) is 0.200. The van der Waals surface area contributed by atoms with E-state index in [1.807, 2.05) is 37.2 Å². The van der Waals surface area contributed by atoms with Crippen LogP contribution in [0.25, 0.3) is 20.8 Å². The Morgan fingerprint density at radius 2 is 1.95 bits per heavy atom. The molecule has 1 aliphatic heterocycles. The predicted molar refractivity (Wildman–Crippen MR) is 85.4 cm³/mol. The predicted octanol–water partition coefficient (Wildman–Crippen LogP) is 2.41. The number of hydrogen-bond donors (Lipinski definition) is 2. The molecule has 3 rings (SSSR count). The van der Waals surface area contributed by atoms with Gasteiger partial charge in [0.25, 0.3) is 0 Å². The normalized spacial score (nSPS) is 12.2. The standard InChI is InChI=1S/C15H15N3O2S/c1-16-13-11(19)7-10-15(14(13)20)21-12-6-8(18(2)3)4-5-9(12)17-10/h4-7,19-20H,1-3H3. The average Bonchev–Trinajstić information content (AvgIpc) is 2.45. The summed E-state index contributed by atoms with van der Waals surface area (Å²) in [6.45, 7) is 0. The molecule has 6 heteroatoms. The molecule has 21 heavy (non-hydrogen) atoms. The number of phenols is 2. The smallest absolute Gasteiger partial charge is 0.164 e. The molecule has 0 bridgehead atoms. The molecule has 108 valence electrons. The molecular formula is C15H15N3O2S. The Morgan fingerprint density at radius 3 is 2.62 bits per heavy atom. The topological polar surface area (TPSA) is 69.0 Å². The molecule has 0 amide bonds. The second-order valence-electron chi connectivity index (χ2n) is 4.93. The molecule has 1 heterocycles. The van der Waals surface area contributed by atoms with Crippen LogP contribution in [0.2, 0.25) is 0 Å². The Bertz CT molecular complexity index is 871. The Labute approximate surface area is 125 Å². The molecule has 0 saturated carbocycles. The maximum Gasteiger partial charge on any atom is 0.164 e. The second-order valence-corrected chi connectivity index (χ2v) is 5.98. The van der Waals surface area contributed by atoms with Crippen molar-refractivity contribution in [2.75, 3.05) is 26.0 Å². The van der Waals surface area contributed by atoms with Crippen LogP contribution in [-0.2, 0) is 0 Å². The first-order valence-electron chi connectivity index (χ1n) is 6.41. The van der Waals surface area contributed by atoms with Crippen LogP contribution in [0.15, 0.2) is 29.3 Å². The number of phenolic OH excluding ortho intramolecular Hbond substituents is 2. The van der Waals surface area contributed by atoms with Crippen LogP contribution in [0, 0.1) is 0 Å². The summed E-state index contributed by atoms with van der Waals surface area (Å²) in [5.41, 5.74) is 2.46. The third kappa shape index (κ3) is 2.17. The maximum atomic E-state index is 10.3. The molecule has 0 radical (unpaired) electrons. The molecule has 2 aliphatic rings. The van der Waals surface area contributed by atoms with Crippen LogP contribution in [-0.4, -0.2) is 36.3 Å². The first kappa shape index (κ1) is 13.6. The average molecular weight is 301 g/mol. The van der Waals surface area contributed by atoms with E-state index < -0.39 is 0 Å². The quantitative estimate of drug-likeness (QED) is 0.677. The summed E-state index contributed by atoms with van der Waals surface area (Å²) in [5, 5.41) is 20.4. The van der Waals surface area contributed by atoms with Gasteiger partial charge in [-0.1, -0.05) is 0 Å². The first-order chi connectivity index (χ1) is 10.0. The summed E-state index contributed by atoms with van der Waals surface area (Å²) in [6.07, 6.45) is 0. The number of benzene rings is 2. The van der Waals surface area contributed by atoms with E-state index in [-0.39, 0.29) is 16.9 Å². The van der Waals surface area contributed by atoms with Gasteiger partial charge in [-0.3, -0.25) is 4.99 Å².